The van der Waals surface area contributed by atoms with E-state index < -0.39 is 10.8 Å². The first-order valence-electron chi connectivity index (χ1n) is 10.6. The van der Waals surface area contributed by atoms with E-state index in [2.05, 4.69) is 23.2 Å². The van der Waals surface area contributed by atoms with Gasteiger partial charge in [-0.3, -0.25) is 14.6 Å². The van der Waals surface area contributed by atoms with Crippen LogP contribution in [0.25, 0.3) is 11.1 Å². The van der Waals surface area contributed by atoms with Crippen molar-refractivity contribution in [3.63, 3.8) is 0 Å². The van der Waals surface area contributed by atoms with E-state index >= 15 is 0 Å². The van der Waals surface area contributed by atoms with Crippen LogP contribution in [0.2, 0.25) is 0 Å². The zero-order valence-electron chi connectivity index (χ0n) is 18.8. The number of nitrogens with zero attached hydrogens (tertiary/aromatic N) is 3. The van der Waals surface area contributed by atoms with E-state index in [-0.39, 0.29) is 11.8 Å². The summed E-state index contributed by atoms with van der Waals surface area (Å²) in [4.78, 5) is 34.0. The molecule has 0 unspecified atom stereocenters. The molecule has 2 heterocycles. The summed E-state index contributed by atoms with van der Waals surface area (Å²) in [6, 6.07) is 12.2. The Morgan fingerprint density at radius 2 is 1.73 bits per heavy atom. The van der Waals surface area contributed by atoms with Gasteiger partial charge in [-0.25, -0.2) is 0 Å². The monoisotopic (exact) mass is 407 g/mol. The van der Waals surface area contributed by atoms with E-state index in [1.54, 1.807) is 11.1 Å². The van der Waals surface area contributed by atoms with Gasteiger partial charge in [0.25, 0.3) is 0 Å². The summed E-state index contributed by atoms with van der Waals surface area (Å²) in [6.07, 6.45) is 5.64. The van der Waals surface area contributed by atoms with Gasteiger partial charge in [-0.05, 0) is 36.5 Å². The lowest BCUT2D eigenvalue weighted by Gasteiger charge is -2.43. The van der Waals surface area contributed by atoms with E-state index in [1.165, 1.54) is 0 Å². The summed E-state index contributed by atoms with van der Waals surface area (Å²) in [5, 5.41) is 0. The molecule has 1 saturated heterocycles. The van der Waals surface area contributed by atoms with Crippen molar-refractivity contribution in [2.75, 3.05) is 27.2 Å². The molecule has 0 bridgehead atoms. The molecule has 2 aromatic rings. The van der Waals surface area contributed by atoms with E-state index in [4.69, 9.17) is 0 Å². The fourth-order valence-electron chi connectivity index (χ4n) is 4.40. The van der Waals surface area contributed by atoms with Crippen LogP contribution < -0.4 is 0 Å². The van der Waals surface area contributed by atoms with Crippen LogP contribution >= 0.6 is 0 Å². The van der Waals surface area contributed by atoms with Gasteiger partial charge in [0.05, 0.1) is 5.41 Å². The number of pyridine rings is 1. The first-order valence-corrected chi connectivity index (χ1v) is 10.6. The van der Waals surface area contributed by atoms with Crippen molar-refractivity contribution < 1.29 is 9.59 Å². The molecule has 1 aliphatic heterocycles. The van der Waals surface area contributed by atoms with Crippen molar-refractivity contribution in [1.82, 2.24) is 14.8 Å². The first-order chi connectivity index (χ1) is 14.1. The van der Waals surface area contributed by atoms with Gasteiger partial charge in [-0.1, -0.05) is 51.1 Å². The normalized spacial score (nSPS) is 16.2. The standard InChI is InChI=1S/C25H33N3O2/c1-24(2,3)22(29)28-15-12-25(13-16-28,23(30)27(4)5)17-19-9-6-7-11-21(19)20-10-8-14-26-18-20/h6-11,14,18H,12-13,15-17H2,1-5H3. The maximum Gasteiger partial charge on any atom is 0.228 e. The van der Waals surface area contributed by atoms with Crippen molar-refractivity contribution in [2.24, 2.45) is 10.8 Å². The molecule has 2 amide bonds. The molecule has 160 valence electrons. The number of amides is 2. The second-order valence-corrected chi connectivity index (χ2v) is 9.60. The smallest absolute Gasteiger partial charge is 0.228 e. The van der Waals surface area contributed by atoms with Crippen LogP contribution in [0.3, 0.4) is 0 Å². The van der Waals surface area contributed by atoms with Gasteiger partial charge in [0.2, 0.25) is 11.8 Å². The van der Waals surface area contributed by atoms with Crippen LogP contribution in [-0.2, 0) is 16.0 Å². The molecule has 1 aromatic carbocycles. The first kappa shape index (κ1) is 22.0. The largest absolute Gasteiger partial charge is 0.348 e. The molecule has 3 rings (SSSR count). The van der Waals surface area contributed by atoms with Gasteiger partial charge in [-0.15, -0.1) is 0 Å². The molecule has 5 heteroatoms. The van der Waals surface area contributed by atoms with Crippen LogP contribution in [0.1, 0.15) is 39.2 Å². The average molecular weight is 408 g/mol. The third-order valence-electron chi connectivity index (χ3n) is 6.03. The van der Waals surface area contributed by atoms with Crippen LogP contribution in [-0.4, -0.2) is 53.8 Å². The zero-order valence-corrected chi connectivity index (χ0v) is 18.8. The summed E-state index contributed by atoms with van der Waals surface area (Å²) in [5.74, 6) is 0.301. The number of piperidine rings is 1. The number of carbonyl (C=O) groups is 2. The predicted molar refractivity (Wildman–Crippen MR) is 120 cm³/mol. The SMILES string of the molecule is CN(C)C(=O)C1(Cc2ccccc2-c2cccnc2)CCN(C(=O)C(C)(C)C)CC1. The van der Waals surface area contributed by atoms with E-state index in [9.17, 15) is 9.59 Å². The van der Waals surface area contributed by atoms with Crippen molar-refractivity contribution in [3.05, 3.63) is 54.4 Å². The van der Waals surface area contributed by atoms with Gasteiger partial charge < -0.3 is 9.80 Å². The highest BCUT2D eigenvalue weighted by molar-refractivity contribution is 5.85. The fourth-order valence-corrected chi connectivity index (χ4v) is 4.40. The Morgan fingerprint density at radius 3 is 2.30 bits per heavy atom. The molecule has 30 heavy (non-hydrogen) atoms. The molecule has 0 atom stereocenters. The number of aromatic nitrogens is 1. The van der Waals surface area contributed by atoms with Gasteiger partial charge in [0.15, 0.2) is 0 Å². The molecule has 0 N–H and O–H groups in total. The molecule has 0 saturated carbocycles. The molecule has 5 nitrogen and oxygen atoms in total. The Balaban J connectivity index is 1.91. The highest BCUT2D eigenvalue weighted by atomic mass is 16.2. The Kier molecular flexibility index (Phi) is 6.30. The molecule has 0 spiro atoms. The fraction of sp³-hybridized carbons (Fsp3) is 0.480. The van der Waals surface area contributed by atoms with E-state index in [0.29, 0.717) is 32.4 Å². The lowest BCUT2D eigenvalue weighted by Crippen LogP contribution is -2.52. The van der Waals surface area contributed by atoms with Crippen molar-refractivity contribution in [2.45, 2.75) is 40.0 Å². The van der Waals surface area contributed by atoms with Crippen LogP contribution in [0.5, 0.6) is 0 Å². The molecule has 1 aromatic heterocycles. The number of rotatable bonds is 4. The third kappa shape index (κ3) is 4.55. The van der Waals surface area contributed by atoms with Crippen molar-refractivity contribution in [3.8, 4) is 11.1 Å². The number of benzene rings is 1. The lowest BCUT2D eigenvalue weighted by atomic mass is 9.71. The average Bonchev–Trinajstić information content (AvgIpc) is 2.73. The van der Waals surface area contributed by atoms with Gasteiger partial charge in [-0.2, -0.15) is 0 Å². The second kappa shape index (κ2) is 8.58. The summed E-state index contributed by atoms with van der Waals surface area (Å²) in [6.45, 7) is 7.08. The highest BCUT2D eigenvalue weighted by Crippen LogP contribution is 2.40. The Labute approximate surface area is 180 Å². The molecule has 0 aliphatic carbocycles. The van der Waals surface area contributed by atoms with Gasteiger partial charge in [0.1, 0.15) is 0 Å². The molecule has 1 aliphatic rings. The maximum atomic E-state index is 13.4. The second-order valence-electron chi connectivity index (χ2n) is 9.60. The minimum Gasteiger partial charge on any atom is -0.348 e. The lowest BCUT2D eigenvalue weighted by molar-refractivity contribution is -0.149. The number of hydrogen-bond acceptors (Lipinski definition) is 3. The topological polar surface area (TPSA) is 53.5 Å². The zero-order chi connectivity index (χ0) is 21.9. The minimum atomic E-state index is -0.503. The molecular weight excluding hydrogens is 374 g/mol. The quantitative estimate of drug-likeness (QED) is 0.769. The van der Waals surface area contributed by atoms with Crippen LogP contribution in [0.15, 0.2) is 48.8 Å². The number of hydrogen-bond donors (Lipinski definition) is 0. The molecule has 0 radical (unpaired) electrons. The molecular formula is C25H33N3O2. The van der Waals surface area contributed by atoms with E-state index in [0.717, 1.165) is 16.7 Å². The summed E-state index contributed by atoms with van der Waals surface area (Å²) >= 11 is 0. The summed E-state index contributed by atoms with van der Waals surface area (Å²) in [7, 11) is 3.65. The molecule has 1 fully saturated rings. The van der Waals surface area contributed by atoms with Gasteiger partial charge >= 0.3 is 0 Å². The van der Waals surface area contributed by atoms with Crippen LogP contribution in [0, 0.1) is 10.8 Å². The number of likely N-dealkylation sites (tertiary alicyclic amines) is 1. The predicted octanol–water partition coefficient (Wildman–Crippen LogP) is 4.03. The Hall–Kier alpha value is -2.69. The van der Waals surface area contributed by atoms with Gasteiger partial charge in [0, 0.05) is 50.6 Å². The Bertz CT molecular complexity index is 892. The van der Waals surface area contributed by atoms with E-state index in [1.807, 2.05) is 64.2 Å². The Morgan fingerprint density at radius 1 is 1.07 bits per heavy atom. The minimum absolute atomic E-state index is 0.145. The van der Waals surface area contributed by atoms with Crippen LogP contribution in [0.4, 0.5) is 0 Å². The summed E-state index contributed by atoms with van der Waals surface area (Å²) < 4.78 is 0. The number of carbonyl (C=O) groups excluding carboxylic acids is 2. The van der Waals surface area contributed by atoms with Crippen molar-refractivity contribution >= 4 is 11.8 Å². The highest BCUT2D eigenvalue weighted by Gasteiger charge is 2.44. The maximum absolute atomic E-state index is 13.4. The summed E-state index contributed by atoms with van der Waals surface area (Å²) in [5.41, 5.74) is 2.41. The van der Waals surface area contributed by atoms with Crippen molar-refractivity contribution in [1.29, 1.82) is 0 Å². The third-order valence-corrected chi connectivity index (χ3v) is 6.03.